The molecule has 0 aliphatic heterocycles. The molecule has 1 rings (SSSR count). The maximum Gasteiger partial charge on any atom is 0.315 e. The summed E-state index contributed by atoms with van der Waals surface area (Å²) in [5, 5.41) is 14.3. The summed E-state index contributed by atoms with van der Waals surface area (Å²) >= 11 is 0. The van der Waals surface area contributed by atoms with E-state index in [4.69, 9.17) is 5.11 Å². The van der Waals surface area contributed by atoms with E-state index in [1.165, 1.54) is 19.3 Å². The number of rotatable bonds is 4. The number of nitrogens with one attached hydrogen (secondary N) is 2. The van der Waals surface area contributed by atoms with E-state index in [9.17, 15) is 4.79 Å². The molecule has 0 aromatic carbocycles. The van der Waals surface area contributed by atoms with Gasteiger partial charge in [0.05, 0.1) is 12.6 Å². The van der Waals surface area contributed by atoms with Gasteiger partial charge >= 0.3 is 6.03 Å². The minimum Gasteiger partial charge on any atom is -0.394 e. The highest BCUT2D eigenvalue weighted by atomic mass is 16.3. The van der Waals surface area contributed by atoms with Crippen molar-refractivity contribution in [1.82, 2.24) is 10.6 Å². The second-order valence-electron chi connectivity index (χ2n) is 4.18. The number of aliphatic hydroxyl groups is 1. The van der Waals surface area contributed by atoms with Crippen LogP contribution in [0.25, 0.3) is 0 Å². The topological polar surface area (TPSA) is 61.4 Å². The highest BCUT2D eigenvalue weighted by Gasteiger charge is 2.24. The molecular weight excluding hydrogens is 180 g/mol. The summed E-state index contributed by atoms with van der Waals surface area (Å²) in [6.07, 6.45) is 3.72. The maximum atomic E-state index is 11.3. The molecule has 2 amide bonds. The first kappa shape index (κ1) is 11.3. The molecule has 1 aliphatic carbocycles. The summed E-state index contributed by atoms with van der Waals surface area (Å²) in [5.74, 6) is 0.644. The molecule has 4 nitrogen and oxygen atoms in total. The highest BCUT2D eigenvalue weighted by molar-refractivity contribution is 5.74. The molecule has 0 heterocycles. The molecule has 4 heteroatoms. The van der Waals surface area contributed by atoms with Crippen LogP contribution in [-0.2, 0) is 0 Å². The third kappa shape index (κ3) is 3.18. The van der Waals surface area contributed by atoms with Crippen molar-refractivity contribution >= 4 is 6.03 Å². The number of aliphatic hydroxyl groups excluding tert-OH is 1. The Hall–Kier alpha value is -0.770. The van der Waals surface area contributed by atoms with Gasteiger partial charge in [-0.3, -0.25) is 0 Å². The zero-order chi connectivity index (χ0) is 10.6. The molecule has 1 aliphatic rings. The lowest BCUT2D eigenvalue weighted by Crippen LogP contribution is -2.48. The smallest absolute Gasteiger partial charge is 0.315 e. The molecule has 0 aromatic rings. The van der Waals surface area contributed by atoms with Crippen LogP contribution in [0.2, 0.25) is 0 Å². The van der Waals surface area contributed by atoms with Crippen molar-refractivity contribution in [3.8, 4) is 0 Å². The van der Waals surface area contributed by atoms with Crippen molar-refractivity contribution in [2.45, 2.75) is 45.2 Å². The number of urea groups is 1. The molecule has 0 bridgehead atoms. The van der Waals surface area contributed by atoms with Crippen molar-refractivity contribution in [1.29, 1.82) is 0 Å². The van der Waals surface area contributed by atoms with Crippen LogP contribution < -0.4 is 10.6 Å². The second kappa shape index (κ2) is 5.20. The average Bonchev–Trinajstić information content (AvgIpc) is 1.99. The quantitative estimate of drug-likeness (QED) is 0.630. The SMILES string of the molecule is CC(NC(=O)N[C@@H](C)CO)C1CCC1. The number of amides is 2. The Bertz CT molecular complexity index is 193. The Balaban J connectivity index is 2.18. The molecule has 0 saturated heterocycles. The molecule has 1 saturated carbocycles. The van der Waals surface area contributed by atoms with Crippen molar-refractivity contribution < 1.29 is 9.90 Å². The summed E-state index contributed by atoms with van der Waals surface area (Å²) in [6, 6.07) is -0.107. The largest absolute Gasteiger partial charge is 0.394 e. The Morgan fingerprint density at radius 3 is 2.50 bits per heavy atom. The molecule has 0 spiro atoms. The fraction of sp³-hybridized carbons (Fsp3) is 0.900. The van der Waals surface area contributed by atoms with E-state index in [-0.39, 0.29) is 24.7 Å². The Morgan fingerprint density at radius 2 is 2.07 bits per heavy atom. The van der Waals surface area contributed by atoms with Crippen molar-refractivity contribution in [3.63, 3.8) is 0 Å². The monoisotopic (exact) mass is 200 g/mol. The van der Waals surface area contributed by atoms with Gasteiger partial charge in [-0.1, -0.05) is 6.42 Å². The van der Waals surface area contributed by atoms with E-state index < -0.39 is 0 Å². The number of carbonyl (C=O) groups excluding carboxylic acids is 1. The fourth-order valence-electron chi connectivity index (χ4n) is 1.58. The standard InChI is InChI=1S/C10H20N2O2/c1-7(6-13)11-10(14)12-8(2)9-4-3-5-9/h7-9,13H,3-6H2,1-2H3,(H2,11,12,14)/t7-,8?/m0/s1. The number of hydrogen-bond donors (Lipinski definition) is 3. The van der Waals surface area contributed by atoms with Gasteiger partial charge < -0.3 is 15.7 Å². The van der Waals surface area contributed by atoms with Crippen LogP contribution in [0.15, 0.2) is 0 Å². The van der Waals surface area contributed by atoms with Gasteiger partial charge in [0.2, 0.25) is 0 Å². The first-order chi connectivity index (χ1) is 6.63. The summed E-state index contributed by atoms with van der Waals surface area (Å²) < 4.78 is 0. The minimum atomic E-state index is -0.177. The first-order valence-corrected chi connectivity index (χ1v) is 5.31. The molecule has 3 N–H and O–H groups in total. The molecule has 1 fully saturated rings. The zero-order valence-electron chi connectivity index (χ0n) is 8.92. The molecule has 2 atom stereocenters. The van der Waals surface area contributed by atoms with Gasteiger partial charge in [-0.25, -0.2) is 4.79 Å². The summed E-state index contributed by atoms with van der Waals surface area (Å²) in [6.45, 7) is 3.78. The fourth-order valence-corrected chi connectivity index (χ4v) is 1.58. The lowest BCUT2D eigenvalue weighted by atomic mass is 9.80. The first-order valence-electron chi connectivity index (χ1n) is 5.31. The summed E-state index contributed by atoms with van der Waals surface area (Å²) in [4.78, 5) is 11.3. The summed E-state index contributed by atoms with van der Waals surface area (Å²) in [5.41, 5.74) is 0. The van der Waals surface area contributed by atoms with Crippen molar-refractivity contribution in [3.05, 3.63) is 0 Å². The van der Waals surface area contributed by atoms with Crippen LogP contribution in [-0.4, -0.2) is 29.8 Å². The molecule has 82 valence electrons. The van der Waals surface area contributed by atoms with Gasteiger partial charge in [0.1, 0.15) is 0 Å². The van der Waals surface area contributed by atoms with E-state index >= 15 is 0 Å². The van der Waals surface area contributed by atoms with Gasteiger partial charge in [-0.05, 0) is 32.6 Å². The van der Waals surface area contributed by atoms with Crippen LogP contribution >= 0.6 is 0 Å². The van der Waals surface area contributed by atoms with Gasteiger partial charge in [-0.2, -0.15) is 0 Å². The second-order valence-corrected chi connectivity index (χ2v) is 4.18. The molecule has 0 aromatic heterocycles. The van der Waals surface area contributed by atoms with E-state index in [0.717, 1.165) is 0 Å². The van der Waals surface area contributed by atoms with E-state index in [1.807, 2.05) is 6.92 Å². The summed E-state index contributed by atoms with van der Waals surface area (Å²) in [7, 11) is 0. The Kier molecular flexibility index (Phi) is 4.20. The normalized spacial score (nSPS) is 20.8. The molecule has 0 radical (unpaired) electrons. The lowest BCUT2D eigenvalue weighted by molar-refractivity contribution is 0.201. The predicted molar refractivity (Wildman–Crippen MR) is 55.0 cm³/mol. The lowest BCUT2D eigenvalue weighted by Gasteiger charge is -2.32. The third-order valence-electron chi connectivity index (χ3n) is 2.87. The van der Waals surface area contributed by atoms with Crippen LogP contribution in [0.4, 0.5) is 4.79 Å². The average molecular weight is 200 g/mol. The Morgan fingerprint density at radius 1 is 1.43 bits per heavy atom. The van der Waals surface area contributed by atoms with Crippen molar-refractivity contribution in [2.75, 3.05) is 6.61 Å². The number of hydrogen-bond acceptors (Lipinski definition) is 2. The third-order valence-corrected chi connectivity index (χ3v) is 2.87. The van der Waals surface area contributed by atoms with Gasteiger partial charge in [0.25, 0.3) is 0 Å². The van der Waals surface area contributed by atoms with Gasteiger partial charge in [-0.15, -0.1) is 0 Å². The van der Waals surface area contributed by atoms with Crippen LogP contribution in [0.3, 0.4) is 0 Å². The van der Waals surface area contributed by atoms with E-state index in [2.05, 4.69) is 10.6 Å². The minimum absolute atomic E-state index is 0.0226. The van der Waals surface area contributed by atoms with E-state index in [1.54, 1.807) is 6.92 Å². The van der Waals surface area contributed by atoms with Gasteiger partial charge in [0, 0.05) is 6.04 Å². The van der Waals surface area contributed by atoms with Crippen LogP contribution in [0, 0.1) is 5.92 Å². The van der Waals surface area contributed by atoms with E-state index in [0.29, 0.717) is 5.92 Å². The molecule has 14 heavy (non-hydrogen) atoms. The Labute approximate surface area is 85.1 Å². The highest BCUT2D eigenvalue weighted by Crippen LogP contribution is 2.29. The molecule has 1 unspecified atom stereocenters. The van der Waals surface area contributed by atoms with Crippen LogP contribution in [0.1, 0.15) is 33.1 Å². The van der Waals surface area contributed by atoms with Crippen LogP contribution in [0.5, 0.6) is 0 Å². The number of carbonyl (C=O) groups is 1. The van der Waals surface area contributed by atoms with Crippen molar-refractivity contribution in [2.24, 2.45) is 5.92 Å². The predicted octanol–water partition coefficient (Wildman–Crippen LogP) is 0.855. The van der Waals surface area contributed by atoms with Gasteiger partial charge in [0.15, 0.2) is 0 Å². The molecular formula is C10H20N2O2. The zero-order valence-corrected chi connectivity index (χ0v) is 8.92. The maximum absolute atomic E-state index is 11.3.